The van der Waals surface area contributed by atoms with Crippen molar-refractivity contribution >= 4 is 50.5 Å². The molecule has 0 aromatic heterocycles. The first-order valence-electron chi connectivity index (χ1n) is 7.37. The molecule has 0 unspecified atom stereocenters. The Hall–Kier alpha value is 0.167. The van der Waals surface area contributed by atoms with Crippen molar-refractivity contribution in [2.45, 2.75) is 25.6 Å². The van der Waals surface area contributed by atoms with Crippen molar-refractivity contribution in [3.05, 3.63) is 80.7 Å². The summed E-state index contributed by atoms with van der Waals surface area (Å²) in [5, 5.41) is 12.9. The zero-order valence-corrected chi connectivity index (χ0v) is 22.2. The van der Waals surface area contributed by atoms with Crippen LogP contribution in [0.2, 0.25) is 19.1 Å². The molecule has 2 aromatic rings. The van der Waals surface area contributed by atoms with Crippen LogP contribution in [0, 0.1) is 20.9 Å². The van der Waals surface area contributed by atoms with Gasteiger partial charge < -0.3 is 20.0 Å². The standard InChI is InChI=1S/C9H15OSi.C9H7.2CH3.2ClH.Si.Zr/c1-11(2,8-7-10)9-5-3-4-6-9;1-2-5-9-7-3-6-8(9)4-1;;;;;;/h5-6,10H,3,7-8H2,1-2H3;1-7H;2*1H3;2*1H;;/q4*-1;;;;. The fraction of sp³-hybridized carbons (Fsp3) is 0.250. The predicted octanol–water partition coefficient (Wildman–Crippen LogP) is 5.84. The van der Waals surface area contributed by atoms with Crippen LogP contribution in [-0.2, 0) is 23.3 Å². The molecule has 0 spiro atoms. The van der Waals surface area contributed by atoms with Gasteiger partial charge in [-0.25, -0.2) is 11.3 Å². The fourth-order valence-corrected chi connectivity index (χ4v) is 4.36. The molecule has 0 heterocycles. The summed E-state index contributed by atoms with van der Waals surface area (Å²) in [5.74, 6) is 0. The maximum absolute atomic E-state index is 8.84. The van der Waals surface area contributed by atoms with E-state index in [4.69, 9.17) is 5.11 Å². The van der Waals surface area contributed by atoms with Gasteiger partial charge in [-0.3, -0.25) is 6.08 Å². The molecule has 0 saturated carbocycles. The largest absolute Gasteiger partial charge is 0.168 e. The first-order valence-corrected chi connectivity index (χ1v) is 14.8. The van der Waals surface area contributed by atoms with E-state index in [1.807, 2.05) is 0 Å². The van der Waals surface area contributed by atoms with Gasteiger partial charge in [0.05, 0.1) is 0 Å². The van der Waals surface area contributed by atoms with Crippen LogP contribution in [-0.4, -0.2) is 26.7 Å². The maximum Gasteiger partial charge on any atom is -0.0809 e. The Morgan fingerprint density at radius 2 is 1.77 bits per heavy atom. The summed E-state index contributed by atoms with van der Waals surface area (Å²) in [6, 6.07) is 15.6. The number of aliphatic hydroxyl groups excluding tert-OH is 1. The minimum atomic E-state index is -1.28. The second-order valence-corrected chi connectivity index (χ2v) is 10.6. The number of halogens is 2. The Bertz CT molecular complexity index is 609. The van der Waals surface area contributed by atoms with Gasteiger partial charge in [-0.2, -0.15) is 23.6 Å². The maximum atomic E-state index is 8.84. The monoisotopic (exact) mass is 502 g/mol. The third-order valence-electron chi connectivity index (χ3n) is 3.76. The molecule has 0 bridgehead atoms. The minimum absolute atomic E-state index is 0. The van der Waals surface area contributed by atoms with Crippen LogP contribution in [0.15, 0.2) is 59.8 Å². The van der Waals surface area contributed by atoms with Crippen molar-refractivity contribution < 1.29 is 28.4 Å². The SMILES string of the molecule is C[Si](C)(CCO)C1=CC[C-]=C1.Cl.Cl.[CH3-].[CH3-].[Si]=[Zr].c1ccc2[cH-]ccc2c1. The molecule has 1 nitrogen and oxygen atoms in total. The van der Waals surface area contributed by atoms with Crippen molar-refractivity contribution in [1.82, 2.24) is 0 Å². The number of benzene rings is 1. The average molecular weight is 505 g/mol. The van der Waals surface area contributed by atoms with E-state index in [-0.39, 0.29) is 39.7 Å². The van der Waals surface area contributed by atoms with E-state index in [0.29, 0.717) is 6.61 Å². The Balaban J connectivity index is -0.000000150. The zero-order valence-electron chi connectivity index (χ0n) is 16.1. The van der Waals surface area contributed by atoms with Crippen LogP contribution in [0.5, 0.6) is 0 Å². The number of aliphatic hydroxyl groups is 1. The molecule has 0 amide bonds. The third-order valence-corrected chi connectivity index (χ3v) is 7.15. The molecule has 2 radical (unpaired) electrons. The Morgan fingerprint density at radius 1 is 1.15 bits per heavy atom. The number of allylic oxidation sites excluding steroid dienone is 4. The van der Waals surface area contributed by atoms with Crippen LogP contribution >= 0.6 is 24.8 Å². The molecule has 2 aromatic carbocycles. The second-order valence-electron chi connectivity index (χ2n) is 5.72. The van der Waals surface area contributed by atoms with Crippen molar-refractivity contribution in [3.63, 3.8) is 0 Å². The van der Waals surface area contributed by atoms with E-state index in [1.165, 1.54) is 39.3 Å². The predicted molar refractivity (Wildman–Crippen MR) is 123 cm³/mol. The summed E-state index contributed by atoms with van der Waals surface area (Å²) >= 11 is 1.36. The summed E-state index contributed by atoms with van der Waals surface area (Å²) in [4.78, 5) is 0. The molecule has 0 saturated heterocycles. The topological polar surface area (TPSA) is 20.2 Å². The van der Waals surface area contributed by atoms with Gasteiger partial charge in [0.25, 0.3) is 0 Å². The number of hydrogen-bond donors (Lipinski definition) is 1. The van der Waals surface area contributed by atoms with Gasteiger partial charge in [-0.1, -0.05) is 19.2 Å². The molecule has 0 atom stereocenters. The van der Waals surface area contributed by atoms with Gasteiger partial charge >= 0.3 is 30.2 Å². The summed E-state index contributed by atoms with van der Waals surface area (Å²) in [6.07, 6.45) is 8.48. The van der Waals surface area contributed by atoms with E-state index in [1.54, 1.807) is 0 Å². The van der Waals surface area contributed by atoms with Crippen LogP contribution in [0.1, 0.15) is 6.42 Å². The zero-order chi connectivity index (χ0) is 16.4. The van der Waals surface area contributed by atoms with Crippen molar-refractivity contribution in [2.75, 3.05) is 6.61 Å². The molecule has 3 rings (SSSR count). The van der Waals surface area contributed by atoms with Crippen molar-refractivity contribution in [2.24, 2.45) is 0 Å². The summed E-state index contributed by atoms with van der Waals surface area (Å²) < 4.78 is 0. The molecule has 1 aliphatic rings. The molecular weight excluding hydrogens is 475 g/mol. The Labute approximate surface area is 190 Å². The molecule has 0 fully saturated rings. The average Bonchev–Trinajstić information content (AvgIpc) is 3.22. The number of hydrogen-bond acceptors (Lipinski definition) is 1. The fourth-order valence-electron chi connectivity index (χ4n) is 2.36. The summed E-state index contributed by atoms with van der Waals surface area (Å²) in [6.45, 7) is 7.97. The summed E-state index contributed by atoms with van der Waals surface area (Å²) in [7, 11) is -1.28. The first kappa shape index (κ1) is 33.7. The van der Waals surface area contributed by atoms with E-state index in [9.17, 15) is 0 Å². The van der Waals surface area contributed by atoms with Crippen LogP contribution in [0.4, 0.5) is 0 Å². The van der Waals surface area contributed by atoms with Crippen molar-refractivity contribution in [1.29, 1.82) is 0 Å². The van der Waals surface area contributed by atoms with Gasteiger partial charge in [-0.15, -0.1) is 60.9 Å². The van der Waals surface area contributed by atoms with E-state index in [0.717, 1.165) is 12.5 Å². The van der Waals surface area contributed by atoms with Gasteiger partial charge in [0, 0.05) is 6.61 Å². The molecule has 26 heavy (non-hydrogen) atoms. The molecule has 146 valence electrons. The number of fused-ring (bicyclic) bond motifs is 1. The first-order chi connectivity index (χ1) is 10.6. The van der Waals surface area contributed by atoms with Gasteiger partial charge in [0.15, 0.2) is 0 Å². The smallest absolute Gasteiger partial charge is 0.0809 e. The van der Waals surface area contributed by atoms with Crippen molar-refractivity contribution in [3.8, 4) is 0 Å². The Morgan fingerprint density at radius 3 is 2.27 bits per heavy atom. The van der Waals surface area contributed by atoms with Crippen LogP contribution in [0.25, 0.3) is 10.8 Å². The second kappa shape index (κ2) is 18.5. The van der Waals surface area contributed by atoms with Gasteiger partial charge in [-0.05, 0) is 14.1 Å². The van der Waals surface area contributed by atoms with Gasteiger partial charge in [0.2, 0.25) is 0 Å². The van der Waals surface area contributed by atoms with Crippen LogP contribution in [0.3, 0.4) is 0 Å². The third kappa shape index (κ3) is 11.1. The molecule has 0 aliphatic heterocycles. The summed E-state index contributed by atoms with van der Waals surface area (Å²) in [5.41, 5.74) is 0. The van der Waals surface area contributed by atoms with Crippen LogP contribution < -0.4 is 0 Å². The van der Waals surface area contributed by atoms with E-state index >= 15 is 0 Å². The minimum Gasteiger partial charge on any atom is -0.168 e. The normalized spacial score (nSPS) is 10.9. The number of rotatable bonds is 3. The van der Waals surface area contributed by atoms with Gasteiger partial charge in [0.1, 0.15) is 0 Å². The van der Waals surface area contributed by atoms with E-state index in [2.05, 4.69) is 80.7 Å². The van der Waals surface area contributed by atoms with E-state index < -0.39 is 8.07 Å². The quantitative estimate of drug-likeness (QED) is 0.412. The molecular formula is C20H30Cl2OSi2Zr-4. The molecule has 6 heteroatoms. The Kier molecular flexibility index (Phi) is 24.0. The molecule has 1 N–H and O–H groups in total. The molecule has 1 aliphatic carbocycles.